The maximum Gasteiger partial charge on any atom is 0.220 e. The van der Waals surface area contributed by atoms with Gasteiger partial charge >= 0.3 is 0 Å². The van der Waals surface area contributed by atoms with Crippen LogP contribution in [-0.2, 0) is 0 Å². The molecule has 0 bridgehead atoms. The second-order valence-electron chi connectivity index (χ2n) is 0.630. The van der Waals surface area contributed by atoms with Gasteiger partial charge in [-0.25, -0.2) is 0 Å². The van der Waals surface area contributed by atoms with Crippen LogP contribution >= 0.6 is 0 Å². The van der Waals surface area contributed by atoms with E-state index in [4.69, 9.17) is 15.3 Å². The summed E-state index contributed by atoms with van der Waals surface area (Å²) in [5.41, 5.74) is 0. The molecule has 0 aliphatic heterocycles. The molecule has 0 aliphatic carbocycles. The number of hydrogen-bond acceptors (Lipinski definition) is 3. The van der Waals surface area contributed by atoms with Gasteiger partial charge in [-0.2, -0.15) is 0 Å². The van der Waals surface area contributed by atoms with Crippen molar-refractivity contribution >= 4 is 0 Å². The molecule has 0 saturated carbocycles. The molecule has 0 heterocycles. The maximum atomic E-state index is 7.77. The number of aliphatic hydroxyl groups excluding tert-OH is 2. The average molecular weight is 88.1 g/mol. The summed E-state index contributed by atoms with van der Waals surface area (Å²) in [6, 6.07) is 0. The van der Waals surface area contributed by atoms with Gasteiger partial charge in [-0.3, -0.25) is 0 Å². The Hall–Kier alpha value is -0.720. The lowest BCUT2D eigenvalue weighted by molar-refractivity contribution is 0.0103. The van der Waals surface area contributed by atoms with Gasteiger partial charge in [0.15, 0.2) is 0 Å². The summed E-state index contributed by atoms with van der Waals surface area (Å²) in [5, 5.41) is 23.1. The average Bonchev–Trinajstić information content (AvgIpc) is 1.35. The third kappa shape index (κ3) is 3.28. The third-order valence-electron chi connectivity index (χ3n) is 0.194. The lowest BCUT2D eigenvalue weighted by Crippen LogP contribution is -1.97. The standard InChI is InChI=1S/C3H4O3/c4-2-1-3(5)6/h3-6H. The van der Waals surface area contributed by atoms with E-state index in [-0.39, 0.29) is 0 Å². The fourth-order valence-electron chi connectivity index (χ4n) is 0.0577. The van der Waals surface area contributed by atoms with Crippen LogP contribution in [0.1, 0.15) is 0 Å². The Morgan fingerprint density at radius 3 is 1.83 bits per heavy atom. The fourth-order valence-corrected chi connectivity index (χ4v) is 0.0577. The topological polar surface area (TPSA) is 60.7 Å². The molecule has 0 amide bonds. The molecular weight excluding hydrogens is 84.0 g/mol. The first kappa shape index (κ1) is 5.28. The van der Waals surface area contributed by atoms with Gasteiger partial charge in [-0.05, 0) is 0 Å². The molecule has 34 valence electrons. The Balaban J connectivity index is 3.20. The van der Waals surface area contributed by atoms with Crippen molar-refractivity contribution in [2.24, 2.45) is 0 Å². The SMILES string of the molecule is OC#CC(O)O. The molecule has 0 saturated heterocycles. The predicted octanol–water partition coefficient (Wildman–Crippen LogP) is -1.37. The Labute approximate surface area is 34.9 Å². The zero-order valence-corrected chi connectivity index (χ0v) is 2.92. The van der Waals surface area contributed by atoms with E-state index in [2.05, 4.69) is 0 Å². The fraction of sp³-hybridized carbons (Fsp3) is 0.333. The first-order valence-electron chi connectivity index (χ1n) is 1.28. The smallest absolute Gasteiger partial charge is 0.220 e. The van der Waals surface area contributed by atoms with Crippen molar-refractivity contribution in [1.29, 1.82) is 0 Å². The first-order valence-corrected chi connectivity index (χ1v) is 1.28. The van der Waals surface area contributed by atoms with E-state index in [9.17, 15) is 0 Å². The van der Waals surface area contributed by atoms with E-state index in [1.807, 2.05) is 0 Å². The molecule has 0 unspecified atom stereocenters. The molecule has 3 nitrogen and oxygen atoms in total. The second-order valence-corrected chi connectivity index (χ2v) is 0.630. The van der Waals surface area contributed by atoms with Crippen LogP contribution in [0.15, 0.2) is 0 Å². The predicted molar refractivity (Wildman–Crippen MR) is 17.9 cm³/mol. The van der Waals surface area contributed by atoms with Gasteiger partial charge in [-0.1, -0.05) is 0 Å². The Kier molecular flexibility index (Phi) is 2.21. The minimum Gasteiger partial charge on any atom is -0.462 e. The monoisotopic (exact) mass is 88.0 g/mol. The molecule has 3 N–H and O–H groups in total. The summed E-state index contributed by atoms with van der Waals surface area (Å²) >= 11 is 0. The summed E-state index contributed by atoms with van der Waals surface area (Å²) in [6.45, 7) is 0. The molecule has 6 heavy (non-hydrogen) atoms. The van der Waals surface area contributed by atoms with Gasteiger partial charge in [0, 0.05) is 5.92 Å². The summed E-state index contributed by atoms with van der Waals surface area (Å²) in [4.78, 5) is 0. The van der Waals surface area contributed by atoms with Gasteiger partial charge in [0.25, 0.3) is 0 Å². The van der Waals surface area contributed by atoms with Crippen molar-refractivity contribution in [1.82, 2.24) is 0 Å². The van der Waals surface area contributed by atoms with Crippen LogP contribution < -0.4 is 0 Å². The molecular formula is C3H4O3. The van der Waals surface area contributed by atoms with Crippen LogP contribution in [0.3, 0.4) is 0 Å². The summed E-state index contributed by atoms with van der Waals surface area (Å²) < 4.78 is 0. The maximum absolute atomic E-state index is 7.77. The van der Waals surface area contributed by atoms with Crippen molar-refractivity contribution in [2.45, 2.75) is 6.29 Å². The molecule has 0 aromatic carbocycles. The summed E-state index contributed by atoms with van der Waals surface area (Å²) in [7, 11) is 0. The normalized spacial score (nSPS) is 7.17. The van der Waals surface area contributed by atoms with Gasteiger partial charge in [0.2, 0.25) is 6.29 Å². The van der Waals surface area contributed by atoms with Crippen molar-refractivity contribution in [3.63, 3.8) is 0 Å². The van der Waals surface area contributed by atoms with Crippen LogP contribution in [-0.4, -0.2) is 21.6 Å². The van der Waals surface area contributed by atoms with Crippen LogP contribution in [0, 0.1) is 12.0 Å². The van der Waals surface area contributed by atoms with Crippen LogP contribution in [0.25, 0.3) is 0 Å². The molecule has 0 rings (SSSR count). The van der Waals surface area contributed by atoms with Crippen molar-refractivity contribution in [2.75, 3.05) is 0 Å². The lowest BCUT2D eigenvalue weighted by Gasteiger charge is -1.81. The highest BCUT2D eigenvalue weighted by atomic mass is 16.5. The van der Waals surface area contributed by atoms with E-state index < -0.39 is 6.29 Å². The zero-order valence-electron chi connectivity index (χ0n) is 2.92. The molecule has 0 spiro atoms. The Morgan fingerprint density at radius 1 is 1.33 bits per heavy atom. The number of aliphatic hydroxyl groups is 3. The molecule has 0 aromatic heterocycles. The van der Waals surface area contributed by atoms with E-state index in [1.54, 1.807) is 5.92 Å². The molecule has 0 aromatic rings. The number of hydrogen-bond donors (Lipinski definition) is 3. The van der Waals surface area contributed by atoms with Crippen molar-refractivity contribution in [3.8, 4) is 12.0 Å². The van der Waals surface area contributed by atoms with Crippen LogP contribution in [0.5, 0.6) is 0 Å². The highest BCUT2D eigenvalue weighted by Gasteiger charge is 1.80. The molecule has 0 fully saturated rings. The molecule has 3 heteroatoms. The van der Waals surface area contributed by atoms with Crippen molar-refractivity contribution in [3.05, 3.63) is 0 Å². The minimum absolute atomic E-state index is 1.32. The highest BCUT2D eigenvalue weighted by Crippen LogP contribution is 1.62. The Morgan fingerprint density at radius 2 is 1.83 bits per heavy atom. The van der Waals surface area contributed by atoms with Gasteiger partial charge in [0.05, 0.1) is 0 Å². The van der Waals surface area contributed by atoms with E-state index >= 15 is 0 Å². The van der Waals surface area contributed by atoms with Gasteiger partial charge < -0.3 is 15.3 Å². The summed E-state index contributed by atoms with van der Waals surface area (Å²) in [5.74, 6) is 1.62. The zero-order chi connectivity index (χ0) is 4.99. The largest absolute Gasteiger partial charge is 0.462 e. The molecule has 0 radical (unpaired) electrons. The van der Waals surface area contributed by atoms with Crippen LogP contribution in [0.2, 0.25) is 0 Å². The first-order chi connectivity index (χ1) is 2.77. The minimum atomic E-state index is -1.71. The van der Waals surface area contributed by atoms with Gasteiger partial charge in [0.1, 0.15) is 6.11 Å². The van der Waals surface area contributed by atoms with E-state index in [1.165, 1.54) is 6.11 Å². The molecule has 0 aliphatic rings. The highest BCUT2D eigenvalue weighted by molar-refractivity contribution is 4.91. The van der Waals surface area contributed by atoms with Crippen molar-refractivity contribution < 1.29 is 15.3 Å². The van der Waals surface area contributed by atoms with Crippen LogP contribution in [0.4, 0.5) is 0 Å². The van der Waals surface area contributed by atoms with Gasteiger partial charge in [-0.15, -0.1) is 0 Å². The van der Waals surface area contributed by atoms with E-state index in [0.29, 0.717) is 0 Å². The third-order valence-corrected chi connectivity index (χ3v) is 0.194. The van der Waals surface area contributed by atoms with E-state index in [0.717, 1.165) is 0 Å². The quantitative estimate of drug-likeness (QED) is 0.253. The Bertz CT molecular complexity index is 75.8. The molecule has 0 atom stereocenters. The second kappa shape index (κ2) is 2.51. The number of rotatable bonds is 0. The summed E-state index contributed by atoms with van der Waals surface area (Å²) in [6.07, 6.45) is -0.396. The lowest BCUT2D eigenvalue weighted by atomic mass is 10.7.